The molecule has 0 unspecified atom stereocenters. The molecule has 0 amide bonds. The van der Waals surface area contributed by atoms with Crippen molar-refractivity contribution in [2.75, 3.05) is 0 Å². The Bertz CT molecular complexity index is 1170. The van der Waals surface area contributed by atoms with Crippen molar-refractivity contribution in [1.29, 1.82) is 0 Å². The van der Waals surface area contributed by atoms with E-state index >= 15 is 0 Å². The van der Waals surface area contributed by atoms with Crippen molar-refractivity contribution < 1.29 is 34.4 Å². The number of aliphatic hydroxyl groups is 1. The zero-order chi connectivity index (χ0) is 20.3. The van der Waals surface area contributed by atoms with Crippen LogP contribution in [-0.4, -0.2) is 20.9 Å². The molecule has 0 saturated heterocycles. The molecule has 0 aliphatic rings. The van der Waals surface area contributed by atoms with E-state index < -0.39 is 0 Å². The van der Waals surface area contributed by atoms with Crippen LogP contribution in [0, 0.1) is 19.9 Å². The molecule has 1 N–H and O–H groups in total. The Labute approximate surface area is 182 Å². The van der Waals surface area contributed by atoms with Gasteiger partial charge in [0.25, 0.3) is 0 Å². The van der Waals surface area contributed by atoms with Gasteiger partial charge in [-0.05, 0) is 26.0 Å². The fraction of sp³-hybridized carbons (Fsp3) is 0.174. The number of benzene rings is 2. The van der Waals surface area contributed by atoms with Crippen molar-refractivity contribution >= 4 is 27.9 Å². The molecule has 4 aromatic rings. The maximum absolute atomic E-state index is 10.0. The van der Waals surface area contributed by atoms with Crippen LogP contribution in [0.25, 0.3) is 33.3 Å². The molecule has 2 aromatic heterocycles. The maximum atomic E-state index is 10.0. The van der Waals surface area contributed by atoms with Crippen LogP contribution >= 0.6 is 0 Å². The van der Waals surface area contributed by atoms with Crippen LogP contribution in [0.2, 0.25) is 0 Å². The normalized spacial score (nSPS) is 11.0. The number of hydrogen-bond donors (Lipinski definition) is 1. The molecule has 2 heterocycles. The van der Waals surface area contributed by atoms with Gasteiger partial charge < -0.3 is 9.52 Å². The Hall–Kier alpha value is -2.82. The van der Waals surface area contributed by atoms with E-state index in [1.54, 1.807) is 6.33 Å². The summed E-state index contributed by atoms with van der Waals surface area (Å²) in [6.07, 6.45) is 2.76. The number of aliphatic hydroxyl groups excluding tert-OH is 1. The van der Waals surface area contributed by atoms with Gasteiger partial charge in [0, 0.05) is 37.3 Å². The van der Waals surface area contributed by atoms with Crippen molar-refractivity contribution in [3.05, 3.63) is 71.8 Å². The van der Waals surface area contributed by atoms with E-state index in [0.29, 0.717) is 0 Å². The van der Waals surface area contributed by atoms with Crippen molar-refractivity contribution in [2.45, 2.75) is 27.7 Å². The number of aryl methyl sites for hydroxylation is 2. The molecular formula is C23H21IrN2O3-. The molecule has 0 bridgehead atoms. The predicted molar refractivity (Wildman–Crippen MR) is 110 cm³/mol. The minimum atomic E-state index is -0.125. The van der Waals surface area contributed by atoms with Gasteiger partial charge >= 0.3 is 0 Å². The summed E-state index contributed by atoms with van der Waals surface area (Å²) in [5.74, 6) is -0.0625. The molecular weight excluding hydrogens is 544 g/mol. The molecule has 29 heavy (non-hydrogen) atoms. The van der Waals surface area contributed by atoms with Crippen molar-refractivity contribution in [1.82, 2.24) is 9.97 Å². The summed E-state index contributed by atoms with van der Waals surface area (Å²) in [7, 11) is 0. The van der Waals surface area contributed by atoms with Gasteiger partial charge in [-0.2, -0.15) is 0 Å². The number of ketones is 1. The molecule has 0 saturated carbocycles. The van der Waals surface area contributed by atoms with Gasteiger partial charge in [0.2, 0.25) is 0 Å². The molecule has 151 valence electrons. The summed E-state index contributed by atoms with van der Waals surface area (Å²) < 4.78 is 5.97. The van der Waals surface area contributed by atoms with Crippen LogP contribution in [-0.2, 0) is 24.9 Å². The van der Waals surface area contributed by atoms with Gasteiger partial charge in [-0.1, -0.05) is 26.0 Å². The molecule has 0 atom stereocenters. The molecule has 0 fully saturated rings. The van der Waals surface area contributed by atoms with E-state index in [1.165, 1.54) is 25.5 Å². The van der Waals surface area contributed by atoms with E-state index in [-0.39, 0.29) is 31.6 Å². The zero-order valence-electron chi connectivity index (χ0n) is 16.6. The number of carbonyl (C=O) groups is 1. The first-order chi connectivity index (χ1) is 13.3. The quantitative estimate of drug-likeness (QED) is 0.198. The number of nitrogens with zero attached hydrogens (tertiary/aromatic N) is 2. The Balaban J connectivity index is 0.000000327. The second kappa shape index (κ2) is 9.59. The number of allylic oxidation sites excluding steroid dienone is 2. The summed E-state index contributed by atoms with van der Waals surface area (Å²) in [5, 5.41) is 9.38. The monoisotopic (exact) mass is 566 g/mol. The van der Waals surface area contributed by atoms with E-state index in [0.717, 1.165) is 38.9 Å². The summed E-state index contributed by atoms with van der Waals surface area (Å²) in [5.41, 5.74) is 6.42. The molecule has 0 aliphatic heterocycles. The van der Waals surface area contributed by atoms with Crippen molar-refractivity contribution in [3.63, 3.8) is 0 Å². The number of aromatic nitrogens is 2. The third kappa shape index (κ3) is 5.37. The molecule has 1 radical (unpaired) electrons. The van der Waals surface area contributed by atoms with Crippen LogP contribution in [0.1, 0.15) is 25.0 Å². The topological polar surface area (TPSA) is 76.2 Å². The van der Waals surface area contributed by atoms with Crippen molar-refractivity contribution in [3.8, 4) is 11.3 Å². The van der Waals surface area contributed by atoms with Gasteiger partial charge in [-0.25, -0.2) is 4.98 Å². The third-order valence-corrected chi connectivity index (χ3v) is 3.97. The Kier molecular flexibility index (Phi) is 7.43. The van der Waals surface area contributed by atoms with E-state index in [9.17, 15) is 4.79 Å². The third-order valence-electron chi connectivity index (χ3n) is 3.97. The summed E-state index contributed by atoms with van der Waals surface area (Å²) in [6, 6.07) is 15.4. The number of furan rings is 1. The molecule has 4 rings (SSSR count). The van der Waals surface area contributed by atoms with Crippen LogP contribution in [0.3, 0.4) is 0 Å². The summed E-state index contributed by atoms with van der Waals surface area (Å²) in [6.45, 7) is 6.95. The van der Waals surface area contributed by atoms with Crippen molar-refractivity contribution in [2.24, 2.45) is 0 Å². The molecule has 0 aliphatic carbocycles. The fourth-order valence-corrected chi connectivity index (χ4v) is 3.03. The number of hydrogen-bond acceptors (Lipinski definition) is 5. The SMILES string of the molecule is CC(=O)/C=C(/C)O.Cc1[c-]c(-c2ncnc3c2oc2ccccc23)cc(C)c1.[Ir]. The van der Waals surface area contributed by atoms with Gasteiger partial charge in [0.05, 0.1) is 5.76 Å². The average molecular weight is 566 g/mol. The second-order valence-electron chi connectivity index (χ2n) is 6.65. The van der Waals surface area contributed by atoms with Crippen LogP contribution in [0.4, 0.5) is 0 Å². The first kappa shape index (κ1) is 22.5. The molecule has 6 heteroatoms. The standard InChI is InChI=1S/C18H13N2O.C5H8O2.Ir/c1-11-7-12(2)9-13(8-11)16-18-17(20-10-19-16)14-5-3-4-6-15(14)21-18;1-4(6)3-5(2)7;/h3-8,10H,1-2H3;3,6H,1-2H3;/q-1;;/b;4-3-;. The Morgan fingerprint density at radius 2 is 1.86 bits per heavy atom. The number of para-hydroxylation sites is 1. The Morgan fingerprint density at radius 1 is 1.14 bits per heavy atom. The smallest absolute Gasteiger partial charge is 0.155 e. The number of carbonyl (C=O) groups excluding carboxylic acids is 1. The van der Waals surface area contributed by atoms with Crippen LogP contribution < -0.4 is 0 Å². The number of fused-ring (bicyclic) bond motifs is 3. The van der Waals surface area contributed by atoms with Gasteiger partial charge in [-0.3, -0.25) is 9.78 Å². The summed E-state index contributed by atoms with van der Waals surface area (Å²) >= 11 is 0. The van der Waals surface area contributed by atoms with E-state index in [2.05, 4.69) is 35.1 Å². The summed E-state index contributed by atoms with van der Waals surface area (Å²) in [4.78, 5) is 18.8. The van der Waals surface area contributed by atoms with Gasteiger partial charge in [0.1, 0.15) is 23.0 Å². The van der Waals surface area contributed by atoms with E-state index in [4.69, 9.17) is 9.52 Å². The number of rotatable bonds is 2. The maximum Gasteiger partial charge on any atom is 0.155 e. The Morgan fingerprint density at radius 3 is 2.48 bits per heavy atom. The largest absolute Gasteiger partial charge is 0.512 e. The zero-order valence-corrected chi connectivity index (χ0v) is 19.0. The minimum Gasteiger partial charge on any atom is -0.512 e. The molecule has 0 spiro atoms. The second-order valence-corrected chi connectivity index (χ2v) is 6.65. The predicted octanol–water partition coefficient (Wildman–Crippen LogP) is 5.49. The van der Waals surface area contributed by atoms with E-state index in [1.807, 2.05) is 31.2 Å². The molecule has 5 nitrogen and oxygen atoms in total. The average Bonchev–Trinajstić information content (AvgIpc) is 2.99. The molecule has 2 aromatic carbocycles. The van der Waals surface area contributed by atoms with Crippen LogP contribution in [0.15, 0.2) is 59.0 Å². The van der Waals surface area contributed by atoms with Gasteiger partial charge in [-0.15, -0.1) is 34.9 Å². The minimum absolute atomic E-state index is 0. The van der Waals surface area contributed by atoms with Gasteiger partial charge in [0.15, 0.2) is 5.78 Å². The fourth-order valence-electron chi connectivity index (χ4n) is 3.03. The van der Waals surface area contributed by atoms with Crippen LogP contribution in [0.5, 0.6) is 0 Å². The first-order valence-electron chi connectivity index (χ1n) is 8.86. The first-order valence-corrected chi connectivity index (χ1v) is 8.86.